The zero-order valence-corrected chi connectivity index (χ0v) is 10.4. The van der Waals surface area contributed by atoms with Crippen LogP contribution in [0.25, 0.3) is 0 Å². The van der Waals surface area contributed by atoms with Crippen LogP contribution in [0.15, 0.2) is 15.8 Å². The lowest BCUT2D eigenvalue weighted by Crippen LogP contribution is -2.49. The smallest absolute Gasteiger partial charge is 0.328 e. The van der Waals surface area contributed by atoms with E-state index in [1.165, 1.54) is 10.8 Å². The van der Waals surface area contributed by atoms with Gasteiger partial charge in [0.1, 0.15) is 0 Å². The Bertz CT molecular complexity index is 509. The van der Waals surface area contributed by atoms with Gasteiger partial charge < -0.3 is 10.2 Å². The summed E-state index contributed by atoms with van der Waals surface area (Å²) in [6, 6.07) is -0.352. The summed E-state index contributed by atoms with van der Waals surface area (Å²) in [5, 5.41) is 18.6. The second kappa shape index (κ2) is 4.30. The average Bonchev–Trinajstić information content (AvgIpc) is 2.24. The topological polar surface area (TPSA) is 95.3 Å². The van der Waals surface area contributed by atoms with Gasteiger partial charge in [0.05, 0.1) is 15.7 Å². The van der Waals surface area contributed by atoms with Crippen LogP contribution >= 0.6 is 22.6 Å². The molecule has 1 aromatic rings. The molecule has 0 saturated heterocycles. The highest BCUT2D eigenvalue weighted by Crippen LogP contribution is 2.36. The molecule has 3 atom stereocenters. The number of hydrogen-bond donors (Lipinski definition) is 3. The molecule has 2 rings (SSSR count). The van der Waals surface area contributed by atoms with E-state index in [0.29, 0.717) is 9.99 Å². The van der Waals surface area contributed by atoms with Crippen LogP contribution in [-0.2, 0) is 0 Å². The summed E-state index contributed by atoms with van der Waals surface area (Å²) in [7, 11) is 0. The largest absolute Gasteiger partial charge is 0.396 e. The van der Waals surface area contributed by atoms with Gasteiger partial charge in [-0.25, -0.2) is 4.79 Å². The first-order chi connectivity index (χ1) is 7.54. The fourth-order valence-electron chi connectivity index (χ4n) is 1.88. The van der Waals surface area contributed by atoms with E-state index in [1.54, 1.807) is 0 Å². The molecule has 3 N–H and O–H groups in total. The van der Waals surface area contributed by atoms with Gasteiger partial charge >= 0.3 is 5.69 Å². The highest BCUT2D eigenvalue weighted by molar-refractivity contribution is 14.1. The van der Waals surface area contributed by atoms with E-state index in [2.05, 4.69) is 4.98 Å². The van der Waals surface area contributed by atoms with Crippen molar-refractivity contribution in [1.82, 2.24) is 9.55 Å². The molecular formula is C9H11IN2O4. The van der Waals surface area contributed by atoms with Gasteiger partial charge in [-0.1, -0.05) is 0 Å². The molecule has 88 valence electrons. The van der Waals surface area contributed by atoms with E-state index in [4.69, 9.17) is 5.11 Å². The normalized spacial score (nSPS) is 28.8. The number of hydrogen-bond acceptors (Lipinski definition) is 4. The van der Waals surface area contributed by atoms with E-state index < -0.39 is 17.4 Å². The van der Waals surface area contributed by atoms with Gasteiger partial charge in [-0.15, -0.1) is 0 Å². The highest BCUT2D eigenvalue weighted by Gasteiger charge is 2.41. The van der Waals surface area contributed by atoms with Gasteiger partial charge in [0.15, 0.2) is 0 Å². The number of rotatable bonds is 2. The first kappa shape index (κ1) is 11.8. The van der Waals surface area contributed by atoms with Gasteiger partial charge in [-0.05, 0) is 29.0 Å². The minimum atomic E-state index is -0.732. The number of aromatic amines is 1. The number of nitrogens with zero attached hydrogens (tertiary/aromatic N) is 1. The number of aliphatic hydroxyl groups is 2. The van der Waals surface area contributed by atoms with Crippen molar-refractivity contribution < 1.29 is 10.2 Å². The minimum Gasteiger partial charge on any atom is -0.396 e. The Hall–Kier alpha value is -0.670. The molecule has 6 nitrogen and oxygen atoms in total. The molecule has 0 bridgehead atoms. The number of halogens is 1. The fraction of sp³-hybridized carbons (Fsp3) is 0.556. The molecule has 0 aromatic carbocycles. The number of H-pyrrole nitrogens is 1. The minimum absolute atomic E-state index is 0.0904. The molecule has 1 aliphatic carbocycles. The zero-order chi connectivity index (χ0) is 11.9. The third-order valence-corrected chi connectivity index (χ3v) is 3.71. The van der Waals surface area contributed by atoms with Crippen molar-refractivity contribution in [1.29, 1.82) is 0 Å². The van der Waals surface area contributed by atoms with Crippen molar-refractivity contribution in [3.05, 3.63) is 30.6 Å². The van der Waals surface area contributed by atoms with Crippen LogP contribution in [0.2, 0.25) is 0 Å². The van der Waals surface area contributed by atoms with Crippen LogP contribution in [0.3, 0.4) is 0 Å². The van der Waals surface area contributed by atoms with Crippen LogP contribution in [0.4, 0.5) is 0 Å². The molecule has 0 radical (unpaired) electrons. The Morgan fingerprint density at radius 1 is 1.56 bits per heavy atom. The first-order valence-corrected chi connectivity index (χ1v) is 5.92. The maximum atomic E-state index is 11.5. The second-order valence-corrected chi connectivity index (χ2v) is 5.04. The van der Waals surface area contributed by atoms with E-state index in [1.807, 2.05) is 22.6 Å². The molecule has 7 heteroatoms. The summed E-state index contributed by atoms with van der Waals surface area (Å²) in [6.45, 7) is -0.0904. The summed E-state index contributed by atoms with van der Waals surface area (Å²) >= 11 is 1.83. The van der Waals surface area contributed by atoms with Crippen molar-refractivity contribution in [3.63, 3.8) is 0 Å². The quantitative estimate of drug-likeness (QED) is 0.607. The highest BCUT2D eigenvalue weighted by atomic mass is 127. The van der Waals surface area contributed by atoms with Crippen LogP contribution < -0.4 is 11.2 Å². The lowest BCUT2D eigenvalue weighted by Gasteiger charge is -2.40. The molecule has 1 saturated carbocycles. The molecule has 1 fully saturated rings. The summed E-state index contributed by atoms with van der Waals surface area (Å²) in [4.78, 5) is 24.8. The average molecular weight is 338 g/mol. The molecular weight excluding hydrogens is 327 g/mol. The Balaban J connectivity index is 2.33. The van der Waals surface area contributed by atoms with Crippen LogP contribution in [0.1, 0.15) is 12.5 Å². The maximum Gasteiger partial charge on any atom is 0.328 e. The number of aliphatic hydroxyl groups excluding tert-OH is 2. The van der Waals surface area contributed by atoms with Crippen LogP contribution in [0, 0.1) is 9.49 Å². The third-order valence-electron chi connectivity index (χ3n) is 2.94. The molecule has 1 heterocycles. The second-order valence-electron chi connectivity index (χ2n) is 3.88. The number of aromatic nitrogens is 2. The van der Waals surface area contributed by atoms with Crippen molar-refractivity contribution >= 4 is 22.6 Å². The predicted molar refractivity (Wildman–Crippen MR) is 64.3 cm³/mol. The van der Waals surface area contributed by atoms with E-state index in [0.717, 1.165) is 0 Å². The Labute approximate surface area is 104 Å². The van der Waals surface area contributed by atoms with Gasteiger partial charge in [-0.2, -0.15) is 0 Å². The van der Waals surface area contributed by atoms with E-state index >= 15 is 0 Å². The zero-order valence-electron chi connectivity index (χ0n) is 8.26. The lowest BCUT2D eigenvalue weighted by molar-refractivity contribution is -0.0580. The standard InChI is InChI=1S/C9H11IN2O4/c10-5-2-12(9(16)11-8(5)15)6-1-4(3-13)7(6)14/h2,4,6-7,13-14H,1,3H2,(H,11,15,16). The predicted octanol–water partition coefficient (Wildman–Crippen LogP) is -0.945. The first-order valence-electron chi connectivity index (χ1n) is 4.84. The van der Waals surface area contributed by atoms with Gasteiger partial charge in [-0.3, -0.25) is 14.3 Å². The van der Waals surface area contributed by atoms with Crippen LogP contribution in [0.5, 0.6) is 0 Å². The number of nitrogens with one attached hydrogen (secondary N) is 1. The molecule has 0 spiro atoms. The summed E-state index contributed by atoms with van der Waals surface area (Å²) in [6.07, 6.45) is 1.24. The summed E-state index contributed by atoms with van der Waals surface area (Å²) < 4.78 is 1.72. The SMILES string of the molecule is O=c1[nH]c(=O)n(C2CC(CO)C2O)cc1I. The van der Waals surface area contributed by atoms with Crippen molar-refractivity contribution in [2.45, 2.75) is 18.6 Å². The van der Waals surface area contributed by atoms with Crippen molar-refractivity contribution in [3.8, 4) is 0 Å². The molecule has 1 aromatic heterocycles. The van der Waals surface area contributed by atoms with Crippen LogP contribution in [-0.4, -0.2) is 32.5 Å². The molecule has 1 aliphatic rings. The van der Waals surface area contributed by atoms with E-state index in [9.17, 15) is 14.7 Å². The molecule has 0 amide bonds. The van der Waals surface area contributed by atoms with Crippen molar-refractivity contribution in [2.75, 3.05) is 6.61 Å². The van der Waals surface area contributed by atoms with Crippen molar-refractivity contribution in [2.24, 2.45) is 5.92 Å². The molecule has 3 unspecified atom stereocenters. The Morgan fingerprint density at radius 3 is 2.81 bits per heavy atom. The lowest BCUT2D eigenvalue weighted by atomic mass is 9.77. The Kier molecular flexibility index (Phi) is 3.17. The molecule has 0 aliphatic heterocycles. The summed E-state index contributed by atoms with van der Waals surface area (Å²) in [5.74, 6) is -0.179. The van der Waals surface area contributed by atoms with Gasteiger partial charge in [0.2, 0.25) is 0 Å². The van der Waals surface area contributed by atoms with E-state index in [-0.39, 0.29) is 18.6 Å². The Morgan fingerprint density at radius 2 is 2.25 bits per heavy atom. The van der Waals surface area contributed by atoms with Gasteiger partial charge in [0.25, 0.3) is 5.56 Å². The monoisotopic (exact) mass is 338 g/mol. The summed E-state index contributed by atoms with van der Waals surface area (Å²) in [5.41, 5.74) is -0.944. The maximum absolute atomic E-state index is 11.5. The third kappa shape index (κ3) is 1.82. The molecule has 16 heavy (non-hydrogen) atoms. The fourth-order valence-corrected chi connectivity index (χ4v) is 2.31. The van der Waals surface area contributed by atoms with Gasteiger partial charge in [0, 0.05) is 18.7 Å².